The zero-order valence-corrected chi connectivity index (χ0v) is 12.7. The van der Waals surface area contributed by atoms with E-state index >= 15 is 0 Å². The van der Waals surface area contributed by atoms with Crippen LogP contribution in [0.4, 0.5) is 5.13 Å². The van der Waals surface area contributed by atoms with Crippen molar-refractivity contribution in [2.45, 2.75) is 26.2 Å². The first-order valence-corrected chi connectivity index (χ1v) is 7.47. The van der Waals surface area contributed by atoms with E-state index in [-0.39, 0.29) is 12.4 Å². The molecule has 0 amide bonds. The molecule has 1 saturated heterocycles. The van der Waals surface area contributed by atoms with Crippen LogP contribution in [0.1, 0.15) is 26.2 Å². The van der Waals surface area contributed by atoms with Crippen LogP contribution < -0.4 is 9.64 Å². The lowest BCUT2D eigenvalue weighted by atomic mass is 10.1. The molecule has 0 atom stereocenters. The van der Waals surface area contributed by atoms with Gasteiger partial charge in [-0.2, -0.15) is 0 Å². The van der Waals surface area contributed by atoms with Crippen molar-refractivity contribution >= 4 is 39.1 Å². The molecule has 1 fully saturated rings. The summed E-state index contributed by atoms with van der Waals surface area (Å²) in [5.41, 5.74) is 1.09. The van der Waals surface area contributed by atoms with Crippen molar-refractivity contribution in [2.75, 3.05) is 24.6 Å². The van der Waals surface area contributed by atoms with Gasteiger partial charge >= 0.3 is 0 Å². The monoisotopic (exact) mass is 298 g/mol. The van der Waals surface area contributed by atoms with Gasteiger partial charge in [0.2, 0.25) is 0 Å². The maximum atomic E-state index is 5.53. The molecule has 3 nitrogen and oxygen atoms in total. The predicted molar refractivity (Wildman–Crippen MR) is 84.1 cm³/mol. The highest BCUT2D eigenvalue weighted by molar-refractivity contribution is 7.22. The standard InChI is InChI=1S/C14H18N2OS.ClH/c1-2-17-11-6-7-12-13(10-11)18-14(15-12)16-8-4-3-5-9-16;/h6-7,10H,2-5,8-9H2,1H3;1H. The van der Waals surface area contributed by atoms with E-state index in [9.17, 15) is 0 Å². The molecular weight excluding hydrogens is 280 g/mol. The molecule has 5 heteroatoms. The fraction of sp³-hybridized carbons (Fsp3) is 0.500. The van der Waals surface area contributed by atoms with Crippen LogP contribution in [0.25, 0.3) is 10.2 Å². The third kappa shape index (κ3) is 3.12. The molecule has 2 heterocycles. The summed E-state index contributed by atoms with van der Waals surface area (Å²) in [6.45, 7) is 5.02. The molecular formula is C14H19ClN2OS. The van der Waals surface area contributed by atoms with E-state index in [2.05, 4.69) is 17.0 Å². The number of benzene rings is 1. The number of ether oxygens (including phenoxy) is 1. The molecule has 0 aliphatic carbocycles. The lowest BCUT2D eigenvalue weighted by Gasteiger charge is -2.25. The molecule has 19 heavy (non-hydrogen) atoms. The second-order valence-corrected chi connectivity index (χ2v) is 5.62. The number of fused-ring (bicyclic) bond motifs is 1. The highest BCUT2D eigenvalue weighted by Gasteiger charge is 2.15. The Labute approximate surface area is 124 Å². The van der Waals surface area contributed by atoms with Gasteiger partial charge in [0, 0.05) is 13.1 Å². The van der Waals surface area contributed by atoms with E-state index in [1.54, 1.807) is 11.3 Å². The lowest BCUT2D eigenvalue weighted by Crippen LogP contribution is -2.29. The summed E-state index contributed by atoms with van der Waals surface area (Å²) in [6.07, 6.45) is 3.94. The Hall–Kier alpha value is -1.00. The third-order valence-corrected chi connectivity index (χ3v) is 4.37. The molecule has 1 aromatic carbocycles. The number of aromatic nitrogens is 1. The molecule has 0 N–H and O–H groups in total. The zero-order valence-electron chi connectivity index (χ0n) is 11.1. The molecule has 3 rings (SSSR count). The van der Waals surface area contributed by atoms with Gasteiger partial charge in [-0.25, -0.2) is 4.98 Å². The van der Waals surface area contributed by atoms with Gasteiger partial charge in [0.15, 0.2) is 5.13 Å². The van der Waals surface area contributed by atoms with Gasteiger partial charge in [0.1, 0.15) is 5.75 Å². The summed E-state index contributed by atoms with van der Waals surface area (Å²) in [5, 5.41) is 1.17. The Bertz CT molecular complexity index is 537. The number of halogens is 1. The topological polar surface area (TPSA) is 25.4 Å². The minimum Gasteiger partial charge on any atom is -0.494 e. The van der Waals surface area contributed by atoms with Crippen LogP contribution >= 0.6 is 23.7 Å². The van der Waals surface area contributed by atoms with Crippen molar-refractivity contribution in [3.05, 3.63) is 18.2 Å². The minimum absolute atomic E-state index is 0. The largest absolute Gasteiger partial charge is 0.494 e. The van der Waals surface area contributed by atoms with Crippen LogP contribution in [-0.2, 0) is 0 Å². The Morgan fingerprint density at radius 2 is 2.05 bits per heavy atom. The average Bonchev–Trinajstić information content (AvgIpc) is 2.83. The second kappa shape index (κ2) is 6.44. The number of hydrogen-bond donors (Lipinski definition) is 0. The van der Waals surface area contributed by atoms with E-state index < -0.39 is 0 Å². The van der Waals surface area contributed by atoms with Crippen molar-refractivity contribution in [1.29, 1.82) is 0 Å². The third-order valence-electron chi connectivity index (χ3n) is 3.29. The molecule has 0 saturated carbocycles. The highest BCUT2D eigenvalue weighted by Crippen LogP contribution is 2.32. The molecule has 0 unspecified atom stereocenters. The number of thiazole rings is 1. The molecule has 104 valence electrons. The van der Waals surface area contributed by atoms with Gasteiger partial charge in [0.05, 0.1) is 16.8 Å². The number of hydrogen-bond acceptors (Lipinski definition) is 4. The van der Waals surface area contributed by atoms with E-state index in [1.165, 1.54) is 29.1 Å². The maximum Gasteiger partial charge on any atom is 0.186 e. The van der Waals surface area contributed by atoms with Crippen LogP contribution in [0, 0.1) is 0 Å². The van der Waals surface area contributed by atoms with Crippen molar-refractivity contribution < 1.29 is 4.74 Å². The van der Waals surface area contributed by atoms with Crippen molar-refractivity contribution in [2.24, 2.45) is 0 Å². The van der Waals surface area contributed by atoms with Crippen LogP contribution in [0.5, 0.6) is 5.75 Å². The van der Waals surface area contributed by atoms with Crippen LogP contribution in [0.3, 0.4) is 0 Å². The number of rotatable bonds is 3. The minimum atomic E-state index is 0. The van der Waals surface area contributed by atoms with Crippen LogP contribution in [-0.4, -0.2) is 24.7 Å². The van der Waals surface area contributed by atoms with Gasteiger partial charge in [-0.1, -0.05) is 11.3 Å². The fourth-order valence-corrected chi connectivity index (χ4v) is 3.42. The van der Waals surface area contributed by atoms with Crippen LogP contribution in [0.15, 0.2) is 18.2 Å². The van der Waals surface area contributed by atoms with E-state index in [4.69, 9.17) is 9.72 Å². The van der Waals surface area contributed by atoms with Gasteiger partial charge in [-0.15, -0.1) is 12.4 Å². The summed E-state index contributed by atoms with van der Waals surface area (Å²) in [7, 11) is 0. The van der Waals surface area contributed by atoms with Crippen molar-refractivity contribution in [3.8, 4) is 5.75 Å². The molecule has 1 aromatic heterocycles. The quantitative estimate of drug-likeness (QED) is 0.853. The van der Waals surface area contributed by atoms with Gasteiger partial charge in [0.25, 0.3) is 0 Å². The lowest BCUT2D eigenvalue weighted by molar-refractivity contribution is 0.341. The van der Waals surface area contributed by atoms with Gasteiger partial charge in [-0.05, 0) is 44.4 Å². The van der Waals surface area contributed by atoms with E-state index in [0.29, 0.717) is 6.61 Å². The Balaban J connectivity index is 0.00000133. The van der Waals surface area contributed by atoms with E-state index in [0.717, 1.165) is 24.4 Å². The molecule has 1 aliphatic heterocycles. The first kappa shape index (κ1) is 14.4. The first-order chi connectivity index (χ1) is 8.86. The summed E-state index contributed by atoms with van der Waals surface area (Å²) >= 11 is 1.78. The fourth-order valence-electron chi connectivity index (χ4n) is 2.37. The maximum absolute atomic E-state index is 5.53. The van der Waals surface area contributed by atoms with Gasteiger partial charge in [-0.3, -0.25) is 0 Å². The SMILES string of the molecule is CCOc1ccc2nc(N3CCCCC3)sc2c1.Cl. The molecule has 0 spiro atoms. The Morgan fingerprint density at radius 3 is 2.79 bits per heavy atom. The van der Waals surface area contributed by atoms with Crippen LogP contribution in [0.2, 0.25) is 0 Å². The van der Waals surface area contributed by atoms with Gasteiger partial charge < -0.3 is 9.64 Å². The number of piperidine rings is 1. The molecule has 0 radical (unpaired) electrons. The Morgan fingerprint density at radius 1 is 1.26 bits per heavy atom. The summed E-state index contributed by atoms with van der Waals surface area (Å²) in [6, 6.07) is 6.17. The number of anilines is 1. The molecule has 2 aromatic rings. The molecule has 1 aliphatic rings. The van der Waals surface area contributed by atoms with E-state index in [1.807, 2.05) is 13.0 Å². The van der Waals surface area contributed by atoms with Crippen molar-refractivity contribution in [3.63, 3.8) is 0 Å². The molecule has 0 bridgehead atoms. The van der Waals surface area contributed by atoms with Crippen molar-refractivity contribution in [1.82, 2.24) is 4.98 Å². The Kier molecular flexibility index (Phi) is 4.88. The summed E-state index contributed by atoms with van der Waals surface area (Å²) in [5.74, 6) is 0.943. The second-order valence-electron chi connectivity index (χ2n) is 4.61. The first-order valence-electron chi connectivity index (χ1n) is 6.65. The predicted octanol–water partition coefficient (Wildman–Crippen LogP) is 4.11. The zero-order chi connectivity index (χ0) is 12.4. The number of nitrogens with zero attached hydrogens (tertiary/aromatic N) is 2. The highest BCUT2D eigenvalue weighted by atomic mass is 35.5. The smallest absolute Gasteiger partial charge is 0.186 e. The average molecular weight is 299 g/mol. The summed E-state index contributed by atoms with van der Waals surface area (Å²) in [4.78, 5) is 7.14. The summed E-state index contributed by atoms with van der Waals surface area (Å²) < 4.78 is 6.76. The normalized spacial score (nSPS) is 15.3.